The van der Waals surface area contributed by atoms with Gasteiger partial charge in [0.15, 0.2) is 0 Å². The van der Waals surface area contributed by atoms with Crippen molar-refractivity contribution in [2.45, 2.75) is 0 Å². The summed E-state index contributed by atoms with van der Waals surface area (Å²) in [5.74, 6) is 0. The molecule has 3 nitrogen and oxygen atoms in total. The molecule has 0 radical (unpaired) electrons. The number of hydrogen-bond donors (Lipinski definition) is 1. The van der Waals surface area contributed by atoms with E-state index < -0.39 is 0 Å². The van der Waals surface area contributed by atoms with Gasteiger partial charge in [0.2, 0.25) is 0 Å². The molecule has 5 heteroatoms. The molecule has 0 unspecified atom stereocenters. The Bertz CT molecular complexity index is 766. The van der Waals surface area contributed by atoms with E-state index in [9.17, 15) is 5.21 Å². The fourth-order valence-corrected chi connectivity index (χ4v) is 3.83. The van der Waals surface area contributed by atoms with E-state index in [1.165, 1.54) is 0 Å². The van der Waals surface area contributed by atoms with E-state index in [2.05, 4.69) is 15.1 Å². The van der Waals surface area contributed by atoms with Crippen LogP contribution in [-0.4, -0.2) is 30.4 Å². The second kappa shape index (κ2) is 6.27. The first-order chi connectivity index (χ1) is 10.3. The molecule has 0 spiro atoms. The van der Waals surface area contributed by atoms with Crippen LogP contribution in [0.15, 0.2) is 64.7 Å². The summed E-state index contributed by atoms with van der Waals surface area (Å²) in [4.78, 5) is 6.71. The van der Waals surface area contributed by atoms with Crippen LogP contribution < -0.4 is 0 Å². The van der Waals surface area contributed by atoms with Crippen molar-refractivity contribution in [2.75, 3.05) is 0 Å². The maximum atomic E-state index is 9.33. The molecule has 0 aliphatic rings. The van der Waals surface area contributed by atoms with Gasteiger partial charge < -0.3 is 0 Å². The van der Waals surface area contributed by atoms with Crippen molar-refractivity contribution in [3.63, 3.8) is 0 Å². The predicted molar refractivity (Wildman–Crippen MR) is 85.5 cm³/mol. The molecule has 0 saturated heterocycles. The Hall–Kier alpha value is -1.87. The van der Waals surface area contributed by atoms with Gasteiger partial charge in [0, 0.05) is 0 Å². The molecule has 0 aliphatic carbocycles. The average Bonchev–Trinajstić information content (AvgIpc) is 3.00. The molecule has 1 N–H and O–H groups in total. The summed E-state index contributed by atoms with van der Waals surface area (Å²) in [6.45, 7) is 0. The van der Waals surface area contributed by atoms with Gasteiger partial charge in [0.05, 0.1) is 0 Å². The zero-order valence-electron chi connectivity index (χ0n) is 10.9. The van der Waals surface area contributed by atoms with E-state index in [1.807, 2.05) is 42.5 Å². The molecule has 3 rings (SSSR count). The van der Waals surface area contributed by atoms with E-state index in [1.54, 1.807) is 12.1 Å². The van der Waals surface area contributed by atoms with Gasteiger partial charge in [-0.15, -0.1) is 0 Å². The topological polar surface area (TPSA) is 45.5 Å². The van der Waals surface area contributed by atoms with Crippen molar-refractivity contribution < 1.29 is 5.21 Å². The standard InChI is InChI=1S/C16H11ClN2OSe/c17-13-8-6-12(7-9-13)15(19-20)16-18-14(10-21-16)11-4-2-1-3-5-11/h1-10,20H/b19-15-. The summed E-state index contributed by atoms with van der Waals surface area (Å²) in [6, 6.07) is 17.2. The van der Waals surface area contributed by atoms with Gasteiger partial charge in [-0.1, -0.05) is 0 Å². The van der Waals surface area contributed by atoms with Crippen LogP contribution in [0.4, 0.5) is 0 Å². The molecule has 3 aromatic rings. The average molecular weight is 362 g/mol. The third-order valence-corrected chi connectivity index (χ3v) is 5.03. The van der Waals surface area contributed by atoms with Gasteiger partial charge in [-0.05, 0) is 0 Å². The van der Waals surface area contributed by atoms with Crippen molar-refractivity contribution in [1.82, 2.24) is 4.98 Å². The third kappa shape index (κ3) is 3.08. The van der Waals surface area contributed by atoms with Gasteiger partial charge in [0.25, 0.3) is 0 Å². The number of nitrogens with zero attached hydrogens (tertiary/aromatic N) is 2. The third-order valence-electron chi connectivity index (χ3n) is 2.99. The Morgan fingerprint density at radius 3 is 2.43 bits per heavy atom. The number of aromatic nitrogens is 1. The predicted octanol–water partition coefficient (Wildman–Crippen LogP) is 3.69. The van der Waals surface area contributed by atoms with Crippen LogP contribution in [0, 0.1) is 0 Å². The molecule has 2 aromatic carbocycles. The Kier molecular flexibility index (Phi) is 4.20. The number of rotatable bonds is 3. The Morgan fingerprint density at radius 1 is 1.05 bits per heavy atom. The van der Waals surface area contributed by atoms with E-state index in [4.69, 9.17) is 11.6 Å². The number of benzene rings is 2. The summed E-state index contributed by atoms with van der Waals surface area (Å²) in [7, 11) is 0. The minimum absolute atomic E-state index is 0.0480. The van der Waals surface area contributed by atoms with Crippen LogP contribution in [0.5, 0.6) is 0 Å². The Morgan fingerprint density at radius 2 is 1.76 bits per heavy atom. The van der Waals surface area contributed by atoms with Crippen molar-refractivity contribution in [1.29, 1.82) is 0 Å². The molecule has 0 saturated carbocycles. The van der Waals surface area contributed by atoms with Crippen molar-refractivity contribution in [2.24, 2.45) is 5.16 Å². The van der Waals surface area contributed by atoms with Crippen molar-refractivity contribution in [3.05, 3.63) is 74.7 Å². The Balaban J connectivity index is 1.96. The van der Waals surface area contributed by atoms with Crippen LogP contribution in [0.3, 0.4) is 0 Å². The summed E-state index contributed by atoms with van der Waals surface area (Å²) in [5, 5.41) is 13.4. The van der Waals surface area contributed by atoms with E-state index >= 15 is 0 Å². The van der Waals surface area contributed by atoms with E-state index in [-0.39, 0.29) is 14.5 Å². The fraction of sp³-hybridized carbons (Fsp3) is 0. The van der Waals surface area contributed by atoms with E-state index in [0.29, 0.717) is 10.7 Å². The summed E-state index contributed by atoms with van der Waals surface area (Å²) < 4.78 is 0.811. The first-order valence-corrected chi connectivity index (χ1v) is 8.49. The SMILES string of the molecule is O/N=C(/c1ccc(Cl)cc1)c1nc(-c2ccccc2)c[se]1. The molecular weight excluding hydrogens is 351 g/mol. The zero-order chi connectivity index (χ0) is 14.7. The van der Waals surface area contributed by atoms with E-state index in [0.717, 1.165) is 21.4 Å². The number of oxime groups is 1. The molecular formula is C16H11ClN2OSe. The molecule has 0 fully saturated rings. The molecule has 104 valence electrons. The normalized spacial score (nSPS) is 11.6. The molecule has 0 bridgehead atoms. The van der Waals surface area contributed by atoms with Gasteiger partial charge in [-0.2, -0.15) is 0 Å². The molecule has 0 amide bonds. The van der Waals surface area contributed by atoms with Crippen LogP contribution in [0.1, 0.15) is 10.1 Å². The quantitative estimate of drug-likeness (QED) is 0.335. The summed E-state index contributed by atoms with van der Waals surface area (Å²) >= 11 is 5.93. The van der Waals surface area contributed by atoms with Gasteiger partial charge in [-0.25, -0.2) is 0 Å². The van der Waals surface area contributed by atoms with Crippen LogP contribution >= 0.6 is 11.6 Å². The number of halogens is 1. The summed E-state index contributed by atoms with van der Waals surface area (Å²) in [6.07, 6.45) is 0. The van der Waals surface area contributed by atoms with Crippen molar-refractivity contribution >= 4 is 31.8 Å². The summed E-state index contributed by atoms with van der Waals surface area (Å²) in [5.41, 5.74) is 3.32. The second-order valence-electron chi connectivity index (χ2n) is 4.36. The molecule has 0 atom stereocenters. The van der Waals surface area contributed by atoms with Crippen LogP contribution in [0.2, 0.25) is 5.02 Å². The molecule has 1 aromatic heterocycles. The molecule has 21 heavy (non-hydrogen) atoms. The minimum atomic E-state index is 0.0480. The monoisotopic (exact) mass is 362 g/mol. The first kappa shape index (κ1) is 14.1. The maximum absolute atomic E-state index is 9.33. The number of hydrogen-bond acceptors (Lipinski definition) is 3. The van der Waals surface area contributed by atoms with Gasteiger partial charge in [0.1, 0.15) is 0 Å². The van der Waals surface area contributed by atoms with Crippen LogP contribution in [0.25, 0.3) is 11.3 Å². The second-order valence-corrected chi connectivity index (χ2v) is 6.60. The molecule has 1 heterocycles. The van der Waals surface area contributed by atoms with Crippen molar-refractivity contribution in [3.8, 4) is 11.3 Å². The Labute approximate surface area is 133 Å². The fourth-order valence-electron chi connectivity index (χ4n) is 1.96. The van der Waals surface area contributed by atoms with Gasteiger partial charge >= 0.3 is 133 Å². The van der Waals surface area contributed by atoms with Crippen LogP contribution in [-0.2, 0) is 0 Å². The first-order valence-electron chi connectivity index (χ1n) is 6.27. The zero-order valence-corrected chi connectivity index (χ0v) is 13.4. The van der Waals surface area contributed by atoms with Gasteiger partial charge in [-0.3, -0.25) is 0 Å². The molecule has 0 aliphatic heterocycles.